The zero-order chi connectivity index (χ0) is 14.8. The van der Waals surface area contributed by atoms with Gasteiger partial charge in [0, 0.05) is 23.2 Å². The first-order valence-corrected chi connectivity index (χ1v) is 6.44. The molecule has 1 N–H and O–H groups in total. The van der Waals surface area contributed by atoms with Gasteiger partial charge in [0.05, 0.1) is 11.5 Å². The summed E-state index contributed by atoms with van der Waals surface area (Å²) in [6, 6.07) is 10.1. The van der Waals surface area contributed by atoms with E-state index in [2.05, 4.69) is 26.1 Å². The Morgan fingerprint density at radius 1 is 1.15 bits per heavy atom. The quantitative estimate of drug-likeness (QED) is 0.681. The number of rotatable bonds is 4. The molecule has 1 aromatic heterocycles. The summed E-state index contributed by atoms with van der Waals surface area (Å²) in [7, 11) is 0. The van der Waals surface area contributed by atoms with Gasteiger partial charge in [0.25, 0.3) is 5.69 Å². The van der Waals surface area contributed by atoms with Crippen LogP contribution in [0.15, 0.2) is 40.8 Å². The van der Waals surface area contributed by atoms with Crippen LogP contribution in [0, 0.1) is 10.1 Å². The Morgan fingerprint density at radius 2 is 1.80 bits per heavy atom. The minimum Gasteiger partial charge on any atom is -0.460 e. The van der Waals surface area contributed by atoms with E-state index in [1.807, 2.05) is 12.1 Å². The van der Waals surface area contributed by atoms with Gasteiger partial charge in [0.1, 0.15) is 11.5 Å². The molecule has 1 aromatic carbocycles. The van der Waals surface area contributed by atoms with E-state index < -0.39 is 4.92 Å². The van der Waals surface area contributed by atoms with Crippen molar-refractivity contribution in [1.82, 2.24) is 5.32 Å². The van der Waals surface area contributed by atoms with Crippen LogP contribution in [-0.4, -0.2) is 10.5 Å². The van der Waals surface area contributed by atoms with Crippen LogP contribution in [0.25, 0.3) is 11.3 Å². The molecule has 2 rings (SSSR count). The van der Waals surface area contributed by atoms with Gasteiger partial charge in [-0.25, -0.2) is 0 Å². The number of hydrogen-bond donors (Lipinski definition) is 1. The van der Waals surface area contributed by atoms with Gasteiger partial charge >= 0.3 is 0 Å². The summed E-state index contributed by atoms with van der Waals surface area (Å²) < 4.78 is 5.73. The highest BCUT2D eigenvalue weighted by molar-refractivity contribution is 5.59. The number of nitro benzene ring substituents is 1. The molecule has 0 spiro atoms. The van der Waals surface area contributed by atoms with Gasteiger partial charge < -0.3 is 9.73 Å². The minimum atomic E-state index is -0.412. The molecule has 2 aromatic rings. The first kappa shape index (κ1) is 14.3. The molecule has 5 nitrogen and oxygen atoms in total. The van der Waals surface area contributed by atoms with E-state index in [9.17, 15) is 10.1 Å². The maximum atomic E-state index is 10.6. The fraction of sp³-hybridized carbons (Fsp3) is 0.333. The lowest BCUT2D eigenvalue weighted by atomic mass is 10.1. The Bertz CT molecular complexity index is 594. The van der Waals surface area contributed by atoms with Crippen molar-refractivity contribution in [2.45, 2.75) is 32.9 Å². The molecule has 0 amide bonds. The summed E-state index contributed by atoms with van der Waals surface area (Å²) in [6.07, 6.45) is 0. The molecule has 5 heteroatoms. The molecule has 0 fully saturated rings. The van der Waals surface area contributed by atoms with Gasteiger partial charge in [0.2, 0.25) is 0 Å². The highest BCUT2D eigenvalue weighted by atomic mass is 16.6. The highest BCUT2D eigenvalue weighted by Gasteiger charge is 2.11. The van der Waals surface area contributed by atoms with Crippen molar-refractivity contribution in [3.63, 3.8) is 0 Å². The maximum Gasteiger partial charge on any atom is 0.269 e. The summed E-state index contributed by atoms with van der Waals surface area (Å²) >= 11 is 0. The zero-order valence-corrected chi connectivity index (χ0v) is 11.8. The first-order valence-electron chi connectivity index (χ1n) is 6.44. The van der Waals surface area contributed by atoms with Gasteiger partial charge in [-0.15, -0.1) is 0 Å². The Balaban J connectivity index is 2.10. The van der Waals surface area contributed by atoms with Crippen molar-refractivity contribution in [3.8, 4) is 11.3 Å². The van der Waals surface area contributed by atoms with Gasteiger partial charge in [-0.1, -0.05) is 0 Å². The highest BCUT2D eigenvalue weighted by Crippen LogP contribution is 2.24. The molecule has 0 aliphatic heterocycles. The summed E-state index contributed by atoms with van der Waals surface area (Å²) in [6.45, 7) is 6.92. The predicted molar refractivity (Wildman–Crippen MR) is 77.4 cm³/mol. The second kappa shape index (κ2) is 5.46. The van der Waals surface area contributed by atoms with E-state index in [4.69, 9.17) is 4.42 Å². The standard InChI is InChI=1S/C15H18N2O3/c1-15(2,3)16-10-13-8-9-14(20-13)11-4-6-12(7-5-11)17(18)19/h4-9,16H,10H2,1-3H3. The van der Waals surface area contributed by atoms with E-state index >= 15 is 0 Å². The molecular weight excluding hydrogens is 256 g/mol. The van der Waals surface area contributed by atoms with Crippen LogP contribution in [0.5, 0.6) is 0 Å². The molecule has 1 heterocycles. The smallest absolute Gasteiger partial charge is 0.269 e. The number of nitrogens with zero attached hydrogens (tertiary/aromatic N) is 1. The average molecular weight is 274 g/mol. The number of nitro groups is 1. The second-order valence-corrected chi connectivity index (χ2v) is 5.67. The third-order valence-electron chi connectivity index (χ3n) is 2.82. The van der Waals surface area contributed by atoms with E-state index in [-0.39, 0.29) is 11.2 Å². The van der Waals surface area contributed by atoms with Crippen LogP contribution in [0.1, 0.15) is 26.5 Å². The van der Waals surface area contributed by atoms with Crippen LogP contribution in [-0.2, 0) is 6.54 Å². The largest absolute Gasteiger partial charge is 0.460 e. The average Bonchev–Trinajstić information content (AvgIpc) is 2.84. The fourth-order valence-electron chi connectivity index (χ4n) is 1.73. The lowest BCUT2D eigenvalue weighted by Gasteiger charge is -2.19. The topological polar surface area (TPSA) is 68.3 Å². The van der Waals surface area contributed by atoms with Gasteiger partial charge in [-0.3, -0.25) is 10.1 Å². The van der Waals surface area contributed by atoms with Crippen LogP contribution >= 0.6 is 0 Å². The number of non-ortho nitro benzene ring substituents is 1. The lowest BCUT2D eigenvalue weighted by molar-refractivity contribution is -0.384. The summed E-state index contributed by atoms with van der Waals surface area (Å²) in [5.74, 6) is 1.55. The Morgan fingerprint density at radius 3 is 2.35 bits per heavy atom. The van der Waals surface area contributed by atoms with E-state index in [0.29, 0.717) is 12.3 Å². The predicted octanol–water partition coefficient (Wildman–Crippen LogP) is 3.74. The molecule has 0 radical (unpaired) electrons. The summed E-state index contributed by atoms with van der Waals surface area (Å²) in [5, 5.41) is 13.9. The molecule has 106 valence electrons. The normalized spacial score (nSPS) is 11.6. The molecule has 0 saturated carbocycles. The molecule has 20 heavy (non-hydrogen) atoms. The van der Waals surface area contributed by atoms with Crippen molar-refractivity contribution in [1.29, 1.82) is 0 Å². The number of benzene rings is 1. The number of hydrogen-bond acceptors (Lipinski definition) is 4. The van der Waals surface area contributed by atoms with Crippen molar-refractivity contribution in [2.75, 3.05) is 0 Å². The van der Waals surface area contributed by atoms with Crippen LogP contribution in [0.2, 0.25) is 0 Å². The lowest BCUT2D eigenvalue weighted by Crippen LogP contribution is -2.34. The van der Waals surface area contributed by atoms with E-state index in [0.717, 1.165) is 11.3 Å². The zero-order valence-electron chi connectivity index (χ0n) is 11.8. The molecule has 0 bridgehead atoms. The molecule has 0 saturated heterocycles. The molecular formula is C15H18N2O3. The third kappa shape index (κ3) is 3.68. The van der Waals surface area contributed by atoms with Crippen LogP contribution in [0.3, 0.4) is 0 Å². The van der Waals surface area contributed by atoms with Crippen molar-refractivity contribution >= 4 is 5.69 Å². The Hall–Kier alpha value is -2.14. The van der Waals surface area contributed by atoms with Crippen LogP contribution in [0.4, 0.5) is 5.69 Å². The Kier molecular flexibility index (Phi) is 3.90. The monoisotopic (exact) mass is 274 g/mol. The molecule has 0 aliphatic rings. The maximum absolute atomic E-state index is 10.6. The van der Waals surface area contributed by atoms with Crippen molar-refractivity contribution < 1.29 is 9.34 Å². The minimum absolute atomic E-state index is 0.0281. The van der Waals surface area contributed by atoms with E-state index in [1.54, 1.807) is 12.1 Å². The molecule has 0 aliphatic carbocycles. The summed E-state index contributed by atoms with van der Waals surface area (Å²) in [4.78, 5) is 10.2. The van der Waals surface area contributed by atoms with Crippen molar-refractivity contribution in [2.24, 2.45) is 0 Å². The summed E-state index contributed by atoms with van der Waals surface area (Å²) in [5.41, 5.74) is 0.938. The van der Waals surface area contributed by atoms with Gasteiger partial charge in [-0.2, -0.15) is 0 Å². The number of nitrogens with one attached hydrogen (secondary N) is 1. The molecule has 0 unspecified atom stereocenters. The van der Waals surface area contributed by atoms with Crippen LogP contribution < -0.4 is 5.32 Å². The van der Waals surface area contributed by atoms with Crippen molar-refractivity contribution in [3.05, 3.63) is 52.3 Å². The van der Waals surface area contributed by atoms with Gasteiger partial charge in [0.15, 0.2) is 0 Å². The Labute approximate surface area is 117 Å². The SMILES string of the molecule is CC(C)(C)NCc1ccc(-c2ccc([N+](=O)[O-])cc2)o1. The van der Waals surface area contributed by atoms with Gasteiger partial charge in [-0.05, 0) is 45.0 Å². The fourth-order valence-corrected chi connectivity index (χ4v) is 1.73. The molecule has 0 atom stereocenters. The number of furan rings is 1. The first-order chi connectivity index (χ1) is 9.35. The third-order valence-corrected chi connectivity index (χ3v) is 2.82. The second-order valence-electron chi connectivity index (χ2n) is 5.67. The van der Waals surface area contributed by atoms with E-state index in [1.165, 1.54) is 12.1 Å².